The van der Waals surface area contributed by atoms with Crippen LogP contribution >= 0.6 is 11.3 Å². The molecule has 0 aromatic carbocycles. The van der Waals surface area contributed by atoms with Gasteiger partial charge in [-0.2, -0.15) is 0 Å². The van der Waals surface area contributed by atoms with Gasteiger partial charge in [0.1, 0.15) is 5.01 Å². The number of aromatic nitrogens is 2. The third-order valence-electron chi connectivity index (χ3n) is 5.31. The van der Waals surface area contributed by atoms with E-state index in [1.165, 1.54) is 10.6 Å². The fraction of sp³-hybridized carbons (Fsp3) is 0.526. The van der Waals surface area contributed by atoms with Crippen LogP contribution in [-0.4, -0.2) is 33.9 Å². The number of aryl methyl sites for hydroxylation is 1. The van der Waals surface area contributed by atoms with Crippen molar-refractivity contribution in [3.05, 3.63) is 35.1 Å². The van der Waals surface area contributed by atoms with Crippen molar-refractivity contribution in [3.8, 4) is 10.6 Å². The highest BCUT2D eigenvalue weighted by molar-refractivity contribution is 7.15. The Morgan fingerprint density at radius 2 is 1.96 bits per heavy atom. The summed E-state index contributed by atoms with van der Waals surface area (Å²) < 4.78 is 0. The minimum atomic E-state index is 0.150. The van der Waals surface area contributed by atoms with Crippen molar-refractivity contribution in [2.24, 2.45) is 11.8 Å². The zero-order valence-electron chi connectivity index (χ0n) is 14.1. The molecule has 126 valence electrons. The molecular weight excluding hydrogens is 318 g/mol. The molecule has 2 aliphatic rings. The summed E-state index contributed by atoms with van der Waals surface area (Å²) in [5, 5.41) is 1.06. The highest BCUT2D eigenvalue weighted by Crippen LogP contribution is 2.35. The molecule has 0 saturated carbocycles. The van der Waals surface area contributed by atoms with Crippen molar-refractivity contribution >= 4 is 17.2 Å². The fourth-order valence-electron chi connectivity index (χ4n) is 3.69. The Labute approximate surface area is 146 Å². The zero-order chi connectivity index (χ0) is 16.5. The molecule has 1 saturated heterocycles. The molecular formula is C19H23N3OS. The molecule has 1 amide bonds. The predicted octanol–water partition coefficient (Wildman–Crippen LogP) is 3.57. The van der Waals surface area contributed by atoms with E-state index in [0.717, 1.165) is 61.7 Å². The second-order valence-electron chi connectivity index (χ2n) is 7.07. The minimum absolute atomic E-state index is 0.150. The summed E-state index contributed by atoms with van der Waals surface area (Å²) in [6.07, 6.45) is 8.64. The highest BCUT2D eigenvalue weighted by atomic mass is 32.1. The zero-order valence-corrected chi connectivity index (χ0v) is 14.9. The Bertz CT molecular complexity index is 719. The van der Waals surface area contributed by atoms with Crippen molar-refractivity contribution < 1.29 is 4.79 Å². The van der Waals surface area contributed by atoms with E-state index in [4.69, 9.17) is 4.98 Å². The van der Waals surface area contributed by atoms with Crippen LogP contribution in [0.4, 0.5) is 0 Å². The molecule has 0 bridgehead atoms. The summed E-state index contributed by atoms with van der Waals surface area (Å²) in [4.78, 5) is 25.1. The molecule has 1 fully saturated rings. The normalized spacial score (nSPS) is 21.5. The number of nitrogens with zero attached hydrogens (tertiary/aromatic N) is 3. The molecule has 5 heteroatoms. The molecule has 2 aromatic heterocycles. The first-order valence-corrected chi connectivity index (χ1v) is 9.70. The number of hydrogen-bond donors (Lipinski definition) is 0. The van der Waals surface area contributed by atoms with E-state index in [1.807, 2.05) is 12.1 Å². The first-order valence-electron chi connectivity index (χ1n) is 8.88. The number of piperidine rings is 1. The van der Waals surface area contributed by atoms with E-state index in [9.17, 15) is 4.79 Å². The number of pyridine rings is 1. The minimum Gasteiger partial charge on any atom is -0.342 e. The maximum absolute atomic E-state index is 12.8. The van der Waals surface area contributed by atoms with Crippen molar-refractivity contribution in [2.75, 3.05) is 13.1 Å². The first-order chi connectivity index (χ1) is 11.7. The van der Waals surface area contributed by atoms with E-state index in [-0.39, 0.29) is 5.92 Å². The van der Waals surface area contributed by atoms with Gasteiger partial charge in [0.2, 0.25) is 5.91 Å². The lowest BCUT2D eigenvalue weighted by molar-refractivity contribution is -0.137. The molecule has 2 aromatic rings. The molecule has 1 unspecified atom stereocenters. The maximum Gasteiger partial charge on any atom is 0.226 e. The van der Waals surface area contributed by atoms with Gasteiger partial charge in [0.15, 0.2) is 0 Å². The monoisotopic (exact) mass is 341 g/mol. The van der Waals surface area contributed by atoms with Crippen LogP contribution in [0.5, 0.6) is 0 Å². The van der Waals surface area contributed by atoms with Crippen LogP contribution < -0.4 is 0 Å². The molecule has 24 heavy (non-hydrogen) atoms. The molecule has 4 rings (SSSR count). The Balaban J connectivity index is 1.48. The predicted molar refractivity (Wildman–Crippen MR) is 95.8 cm³/mol. The summed E-state index contributed by atoms with van der Waals surface area (Å²) in [6.45, 7) is 4.16. The van der Waals surface area contributed by atoms with Crippen LogP contribution in [0.15, 0.2) is 24.5 Å². The van der Waals surface area contributed by atoms with Crippen LogP contribution in [0.3, 0.4) is 0 Å². The van der Waals surface area contributed by atoms with E-state index >= 15 is 0 Å². The van der Waals surface area contributed by atoms with Crippen LogP contribution in [0.25, 0.3) is 10.6 Å². The molecule has 1 aliphatic carbocycles. The molecule has 0 spiro atoms. The van der Waals surface area contributed by atoms with Crippen LogP contribution in [0, 0.1) is 11.8 Å². The number of rotatable bonds is 2. The molecule has 4 nitrogen and oxygen atoms in total. The first kappa shape index (κ1) is 15.8. The number of amides is 1. The number of likely N-dealkylation sites (tertiary alicyclic amines) is 1. The van der Waals surface area contributed by atoms with Gasteiger partial charge >= 0.3 is 0 Å². The van der Waals surface area contributed by atoms with E-state index in [1.54, 1.807) is 23.7 Å². The number of carbonyl (C=O) groups excluding carboxylic acids is 1. The molecule has 0 radical (unpaired) electrons. The van der Waals surface area contributed by atoms with Gasteiger partial charge in [-0.25, -0.2) is 4.98 Å². The van der Waals surface area contributed by atoms with E-state index in [0.29, 0.717) is 5.91 Å². The fourth-order valence-corrected chi connectivity index (χ4v) is 4.88. The second-order valence-corrected chi connectivity index (χ2v) is 8.16. The molecule has 0 N–H and O–H groups in total. The third-order valence-corrected chi connectivity index (χ3v) is 6.48. The average Bonchev–Trinajstić information content (AvgIpc) is 3.06. The summed E-state index contributed by atoms with van der Waals surface area (Å²) >= 11 is 1.75. The highest BCUT2D eigenvalue weighted by Gasteiger charge is 2.31. The van der Waals surface area contributed by atoms with Crippen LogP contribution in [0.2, 0.25) is 0 Å². The van der Waals surface area contributed by atoms with Crippen molar-refractivity contribution in [1.29, 1.82) is 0 Å². The molecule has 1 atom stereocenters. The maximum atomic E-state index is 12.8. The van der Waals surface area contributed by atoms with Gasteiger partial charge in [0.05, 0.1) is 5.69 Å². The van der Waals surface area contributed by atoms with Gasteiger partial charge in [0, 0.05) is 41.8 Å². The van der Waals surface area contributed by atoms with Gasteiger partial charge in [0.25, 0.3) is 0 Å². The Kier molecular flexibility index (Phi) is 4.35. The molecule has 1 aliphatic heterocycles. The summed E-state index contributed by atoms with van der Waals surface area (Å²) in [6, 6.07) is 4.00. The standard InChI is InChI=1S/C19H23N3OS/c1-13-6-10-22(11-7-13)19(23)15-2-3-16-17(12-15)24-18(21-16)14-4-8-20-9-5-14/h4-5,8-9,13,15H,2-3,6-7,10-12H2,1H3. The number of hydrogen-bond acceptors (Lipinski definition) is 4. The smallest absolute Gasteiger partial charge is 0.226 e. The lowest BCUT2D eigenvalue weighted by Crippen LogP contribution is -2.42. The van der Waals surface area contributed by atoms with Crippen LogP contribution in [0.1, 0.15) is 36.8 Å². The number of thiazole rings is 1. The lowest BCUT2D eigenvalue weighted by Gasteiger charge is -2.34. The summed E-state index contributed by atoms with van der Waals surface area (Å²) in [7, 11) is 0. The van der Waals surface area contributed by atoms with Crippen molar-refractivity contribution in [1.82, 2.24) is 14.9 Å². The topological polar surface area (TPSA) is 46.1 Å². The molecule has 3 heterocycles. The quantitative estimate of drug-likeness (QED) is 0.839. The second kappa shape index (κ2) is 6.63. The van der Waals surface area contributed by atoms with Gasteiger partial charge in [-0.3, -0.25) is 9.78 Å². The van der Waals surface area contributed by atoms with Crippen LogP contribution in [-0.2, 0) is 17.6 Å². The Morgan fingerprint density at radius 3 is 2.71 bits per heavy atom. The van der Waals surface area contributed by atoms with E-state index < -0.39 is 0 Å². The summed E-state index contributed by atoms with van der Waals surface area (Å²) in [5.41, 5.74) is 2.32. The lowest BCUT2D eigenvalue weighted by atomic mass is 9.89. The van der Waals surface area contributed by atoms with Gasteiger partial charge in [-0.15, -0.1) is 11.3 Å². The van der Waals surface area contributed by atoms with E-state index in [2.05, 4.69) is 16.8 Å². The summed E-state index contributed by atoms with van der Waals surface area (Å²) in [5.74, 6) is 1.28. The van der Waals surface area contributed by atoms with Crippen molar-refractivity contribution in [2.45, 2.75) is 39.0 Å². The Morgan fingerprint density at radius 1 is 1.21 bits per heavy atom. The van der Waals surface area contributed by atoms with Gasteiger partial charge in [-0.1, -0.05) is 6.92 Å². The SMILES string of the molecule is CC1CCN(C(=O)C2CCc3nc(-c4ccncc4)sc3C2)CC1. The van der Waals surface area contributed by atoms with Gasteiger partial charge < -0.3 is 4.90 Å². The number of carbonyl (C=O) groups is 1. The number of fused-ring (bicyclic) bond motifs is 1. The largest absolute Gasteiger partial charge is 0.342 e. The van der Waals surface area contributed by atoms with Crippen molar-refractivity contribution in [3.63, 3.8) is 0 Å². The average molecular weight is 341 g/mol. The Hall–Kier alpha value is -1.75. The van der Waals surface area contributed by atoms with Gasteiger partial charge in [-0.05, 0) is 50.2 Å². The third kappa shape index (κ3) is 3.09.